The molecule has 0 fully saturated rings. The Morgan fingerprint density at radius 1 is 0.302 bits per heavy atom. The molecule has 0 N–H and O–H groups in total. The van der Waals surface area contributed by atoms with Crippen molar-refractivity contribution in [1.82, 2.24) is 4.57 Å². The van der Waals surface area contributed by atoms with Crippen molar-refractivity contribution >= 4 is 44.9 Å². The van der Waals surface area contributed by atoms with E-state index in [1.807, 2.05) is 6.08 Å². The molecule has 404 valence electrons. The summed E-state index contributed by atoms with van der Waals surface area (Å²) in [6.45, 7) is 8.93. The first-order valence-electron chi connectivity index (χ1n) is 30.0. The number of fused-ring (bicyclic) bond motifs is 16. The lowest BCUT2D eigenvalue weighted by atomic mass is 9.70. The van der Waals surface area contributed by atoms with Gasteiger partial charge in [-0.15, -0.1) is 0 Å². The second-order valence-electron chi connectivity index (χ2n) is 24.0. The van der Waals surface area contributed by atoms with Crippen LogP contribution in [0.2, 0.25) is 0 Å². The summed E-state index contributed by atoms with van der Waals surface area (Å²) >= 11 is 0. The zero-order valence-corrected chi connectivity index (χ0v) is 48.0. The molecule has 0 saturated heterocycles. The van der Waals surface area contributed by atoms with E-state index in [1.165, 1.54) is 128 Å². The van der Waals surface area contributed by atoms with E-state index >= 15 is 0 Å². The summed E-state index contributed by atoms with van der Waals surface area (Å²) in [5.74, 6) is 0. The topological polar surface area (TPSA) is 8.17 Å². The Balaban J connectivity index is 0.793. The maximum absolute atomic E-state index is 4.21. The molecule has 2 heteroatoms. The van der Waals surface area contributed by atoms with Crippen LogP contribution in [-0.2, 0) is 10.8 Å². The highest BCUT2D eigenvalue weighted by molar-refractivity contribution is 6.12. The van der Waals surface area contributed by atoms with Crippen LogP contribution in [-0.4, -0.2) is 4.57 Å². The Hall–Kier alpha value is -10.8. The zero-order valence-electron chi connectivity index (χ0n) is 48.0. The van der Waals surface area contributed by atoms with Crippen molar-refractivity contribution < 1.29 is 0 Å². The van der Waals surface area contributed by atoms with Crippen molar-refractivity contribution in [2.45, 2.75) is 24.7 Å². The highest BCUT2D eigenvalue weighted by atomic mass is 15.1. The van der Waals surface area contributed by atoms with Crippen molar-refractivity contribution in [2.75, 3.05) is 4.90 Å². The third-order valence-corrected chi connectivity index (χ3v) is 19.2. The molecule has 17 rings (SSSR count). The van der Waals surface area contributed by atoms with Gasteiger partial charge in [0.2, 0.25) is 0 Å². The molecule has 3 aliphatic carbocycles. The molecular weight excluding hydrogens is 1040 g/mol. The normalized spacial score (nSPS) is 14.6. The molecule has 14 aromatic rings. The number of para-hydroxylation sites is 1. The van der Waals surface area contributed by atoms with Crippen molar-refractivity contribution in [1.29, 1.82) is 0 Å². The number of aromatic nitrogens is 1. The van der Waals surface area contributed by atoms with Crippen molar-refractivity contribution in [3.63, 3.8) is 0 Å². The lowest BCUT2D eigenvalue weighted by Gasteiger charge is -2.31. The Morgan fingerprint density at radius 3 is 1.30 bits per heavy atom. The smallest absolute Gasteiger partial charge is 0.0725 e. The summed E-state index contributed by atoms with van der Waals surface area (Å²) in [4.78, 5) is 2.42. The summed E-state index contributed by atoms with van der Waals surface area (Å²) < 4.78 is 2.43. The van der Waals surface area contributed by atoms with Crippen LogP contribution in [0.5, 0.6) is 0 Å². The first-order chi connectivity index (χ1) is 42.3. The number of rotatable bonds is 9. The molecule has 1 heterocycles. The second kappa shape index (κ2) is 19.1. The summed E-state index contributed by atoms with van der Waals surface area (Å²) in [7, 11) is 0. The van der Waals surface area contributed by atoms with Crippen molar-refractivity contribution in [2.24, 2.45) is 0 Å². The summed E-state index contributed by atoms with van der Waals surface area (Å²) in [6, 6.07) is 111. The van der Waals surface area contributed by atoms with Crippen molar-refractivity contribution in [3.8, 4) is 83.6 Å². The van der Waals surface area contributed by atoms with Crippen molar-refractivity contribution in [3.05, 3.63) is 343 Å². The van der Waals surface area contributed by atoms with E-state index in [2.05, 4.69) is 327 Å². The molecule has 1 atom stereocenters. The number of anilines is 3. The number of hydrogen-bond acceptors (Lipinski definition) is 1. The van der Waals surface area contributed by atoms with Crippen LogP contribution in [0.15, 0.2) is 304 Å². The molecule has 0 bridgehead atoms. The average Bonchev–Trinajstić information content (AvgIpc) is 1.58. The average molecular weight is 1100 g/mol. The van der Waals surface area contributed by atoms with Gasteiger partial charge in [-0.3, -0.25) is 0 Å². The number of nitrogens with zero attached hydrogens (tertiary/aromatic N) is 2. The van der Waals surface area contributed by atoms with Gasteiger partial charge in [-0.05, 0) is 202 Å². The van der Waals surface area contributed by atoms with E-state index in [1.54, 1.807) is 0 Å². The Morgan fingerprint density at radius 2 is 0.698 bits per heavy atom. The van der Waals surface area contributed by atoms with Crippen LogP contribution in [0.4, 0.5) is 17.1 Å². The van der Waals surface area contributed by atoms with Crippen LogP contribution in [0.25, 0.3) is 111 Å². The first-order valence-corrected chi connectivity index (χ1v) is 30.0. The lowest BCUT2D eigenvalue weighted by molar-refractivity contribution is 0.660. The van der Waals surface area contributed by atoms with Gasteiger partial charge in [-0.25, -0.2) is 0 Å². The van der Waals surface area contributed by atoms with Gasteiger partial charge < -0.3 is 9.47 Å². The highest BCUT2D eigenvalue weighted by Crippen LogP contribution is 2.64. The first kappa shape index (κ1) is 49.8. The third-order valence-electron chi connectivity index (χ3n) is 19.2. The second-order valence-corrected chi connectivity index (χ2v) is 24.0. The summed E-state index contributed by atoms with van der Waals surface area (Å²) in [6.07, 6.45) is 1.97. The van der Waals surface area contributed by atoms with Crippen LogP contribution in [0.3, 0.4) is 0 Å². The molecule has 0 amide bonds. The fourth-order valence-electron chi connectivity index (χ4n) is 15.2. The third kappa shape index (κ3) is 7.33. The Kier molecular flexibility index (Phi) is 11.1. The minimum atomic E-state index is -0.514. The van der Waals surface area contributed by atoms with Gasteiger partial charge in [0.15, 0.2) is 0 Å². The van der Waals surface area contributed by atoms with Gasteiger partial charge in [0.05, 0.1) is 16.4 Å². The van der Waals surface area contributed by atoms with E-state index in [0.717, 1.165) is 33.9 Å². The van der Waals surface area contributed by atoms with Crippen LogP contribution >= 0.6 is 0 Å². The molecule has 1 unspecified atom stereocenters. The van der Waals surface area contributed by atoms with Gasteiger partial charge in [-0.1, -0.05) is 239 Å². The maximum Gasteiger partial charge on any atom is 0.0725 e. The molecule has 0 aliphatic heterocycles. The highest BCUT2D eigenvalue weighted by Gasteiger charge is 2.52. The number of benzene rings is 13. The quantitative estimate of drug-likeness (QED) is 0.140. The molecule has 3 aliphatic rings. The van der Waals surface area contributed by atoms with E-state index in [4.69, 9.17) is 0 Å². The lowest BCUT2D eigenvalue weighted by Crippen LogP contribution is -2.26. The SMILES string of the molecule is C=Cc1ccccc1-c1ccc2c(c1)C1(c3ccccc3-c3ccc(-c4ccc5c(c4)c4cc(-c6ccc(N(c7ccc(-c8ccccc8)cc7)c7ccc8c(c7)C(C)(C)c7ccccc7-8)cc6)ccc4n5-c4ccccc4)cc31)c1ccccc1-2. The Bertz CT molecular complexity index is 5070. The minimum Gasteiger partial charge on any atom is -0.310 e. The standard InChI is InChI=1S/C84H58N2/c1-4-54-19-11-12-24-66(54)61-36-45-72-69-27-15-18-30-77(69)84(80(72)52-61)76-29-17-14-26-68(76)71-44-35-60(51-79(71)84)59-38-48-82-74(50-59)73-49-58(37-47-81(73)86(82)62-22-9-6-10-23-62)57-33-41-64(42-34-57)85(63-39-31-56(32-40-63)55-20-7-5-8-21-55)65-43-46-70-67-25-13-16-28-75(67)83(2,3)78(70)53-65/h4-53H,1H2,2-3H3. The summed E-state index contributed by atoms with van der Waals surface area (Å²) in [5.41, 5.74) is 32.6. The predicted molar refractivity (Wildman–Crippen MR) is 361 cm³/mol. The van der Waals surface area contributed by atoms with Gasteiger partial charge >= 0.3 is 0 Å². The monoisotopic (exact) mass is 1090 g/mol. The fraction of sp³-hybridized carbons (Fsp3) is 0.0476. The zero-order chi connectivity index (χ0) is 57.3. The Labute approximate surface area is 502 Å². The molecule has 0 radical (unpaired) electrons. The number of hydrogen-bond donors (Lipinski definition) is 0. The predicted octanol–water partition coefficient (Wildman–Crippen LogP) is 22.2. The van der Waals surface area contributed by atoms with Crippen LogP contribution in [0.1, 0.15) is 52.8 Å². The van der Waals surface area contributed by atoms with Crippen LogP contribution < -0.4 is 4.90 Å². The largest absolute Gasteiger partial charge is 0.310 e. The fourth-order valence-corrected chi connectivity index (χ4v) is 15.2. The van der Waals surface area contributed by atoms with Gasteiger partial charge in [0.1, 0.15) is 0 Å². The van der Waals surface area contributed by atoms with Crippen LogP contribution in [0, 0.1) is 0 Å². The molecule has 0 saturated carbocycles. The molecule has 86 heavy (non-hydrogen) atoms. The minimum absolute atomic E-state index is 0.131. The molecule has 1 spiro atoms. The van der Waals surface area contributed by atoms with Gasteiger partial charge in [-0.2, -0.15) is 0 Å². The van der Waals surface area contributed by atoms with E-state index < -0.39 is 5.41 Å². The van der Waals surface area contributed by atoms with Gasteiger partial charge in [0, 0.05) is 38.9 Å². The molecule has 2 nitrogen and oxygen atoms in total. The van der Waals surface area contributed by atoms with E-state index in [-0.39, 0.29) is 5.41 Å². The maximum atomic E-state index is 4.21. The van der Waals surface area contributed by atoms with E-state index in [0.29, 0.717) is 0 Å². The molecule has 1 aromatic heterocycles. The summed E-state index contributed by atoms with van der Waals surface area (Å²) in [5, 5.41) is 2.43. The van der Waals surface area contributed by atoms with E-state index in [9.17, 15) is 0 Å². The van der Waals surface area contributed by atoms with Gasteiger partial charge in [0.25, 0.3) is 0 Å². The molecular formula is C84H58N2. The molecule has 13 aromatic carbocycles.